The van der Waals surface area contributed by atoms with Crippen molar-refractivity contribution in [2.24, 2.45) is 0 Å². The summed E-state index contributed by atoms with van der Waals surface area (Å²) >= 11 is 6.67. The van der Waals surface area contributed by atoms with Crippen molar-refractivity contribution in [1.29, 1.82) is 0 Å². The van der Waals surface area contributed by atoms with Gasteiger partial charge in [0.05, 0.1) is 10.9 Å². The number of thiophene rings is 1. The molecular weight excluding hydrogens is 360 g/mol. The molecule has 2 rings (SSSR count). The van der Waals surface area contributed by atoms with Crippen LogP contribution in [0, 0.1) is 0 Å². The molecule has 2 heterocycles. The monoisotopic (exact) mass is 380 g/mol. The fourth-order valence-corrected chi connectivity index (χ4v) is 4.71. The van der Waals surface area contributed by atoms with Gasteiger partial charge < -0.3 is 15.5 Å². The van der Waals surface area contributed by atoms with Crippen LogP contribution < -0.4 is 15.4 Å². The molecular formula is C13H21ClN4O3S2. The molecule has 0 spiro atoms. The van der Waals surface area contributed by atoms with Crippen molar-refractivity contribution >= 4 is 38.9 Å². The Morgan fingerprint density at radius 1 is 1.35 bits per heavy atom. The molecule has 0 unspecified atom stereocenters. The lowest BCUT2D eigenvalue weighted by molar-refractivity contribution is -0.119. The van der Waals surface area contributed by atoms with E-state index in [-0.39, 0.29) is 16.7 Å². The summed E-state index contributed by atoms with van der Waals surface area (Å²) in [6.07, 6.45) is 0.846. The van der Waals surface area contributed by atoms with E-state index >= 15 is 0 Å². The average molecular weight is 381 g/mol. The Hall–Kier alpha value is -0.710. The number of piperazine rings is 1. The maximum absolute atomic E-state index is 11.9. The van der Waals surface area contributed by atoms with Crippen LogP contribution in [0.25, 0.3) is 0 Å². The standard InChI is InChI=1S/C13H21ClN4O3S2/c14-11-2-3-13(22-11)23(20,21)17-10-12(19)16-4-1-7-18-8-5-15-6-9-18/h2-3,15,17H,1,4-10H2,(H,16,19). The molecule has 1 fully saturated rings. The first-order chi connectivity index (χ1) is 11.0. The molecule has 1 aromatic rings. The molecule has 0 radical (unpaired) electrons. The van der Waals surface area contributed by atoms with Crippen molar-refractivity contribution in [3.8, 4) is 0 Å². The van der Waals surface area contributed by atoms with Crippen LogP contribution >= 0.6 is 22.9 Å². The second kappa shape index (κ2) is 8.95. The Kier molecular flexibility index (Phi) is 7.25. The lowest BCUT2D eigenvalue weighted by atomic mass is 10.3. The lowest BCUT2D eigenvalue weighted by Gasteiger charge is -2.27. The molecule has 130 valence electrons. The molecule has 10 heteroatoms. The van der Waals surface area contributed by atoms with Gasteiger partial charge in [0.1, 0.15) is 4.21 Å². The van der Waals surface area contributed by atoms with E-state index in [9.17, 15) is 13.2 Å². The van der Waals surface area contributed by atoms with Crippen LogP contribution in [0.3, 0.4) is 0 Å². The van der Waals surface area contributed by atoms with Crippen molar-refractivity contribution in [3.05, 3.63) is 16.5 Å². The largest absolute Gasteiger partial charge is 0.355 e. The third-order valence-corrected chi connectivity index (χ3v) is 6.54. The predicted molar refractivity (Wildman–Crippen MR) is 91.5 cm³/mol. The van der Waals surface area contributed by atoms with E-state index in [0.29, 0.717) is 10.9 Å². The number of rotatable bonds is 8. The number of hydrogen-bond acceptors (Lipinski definition) is 6. The van der Waals surface area contributed by atoms with Crippen molar-refractivity contribution in [2.75, 3.05) is 45.8 Å². The third kappa shape index (κ3) is 6.36. The van der Waals surface area contributed by atoms with E-state index in [1.807, 2.05) is 0 Å². The van der Waals surface area contributed by atoms with Gasteiger partial charge in [-0.25, -0.2) is 13.1 Å². The third-order valence-electron chi connectivity index (χ3n) is 3.42. The van der Waals surface area contributed by atoms with Gasteiger partial charge in [0.25, 0.3) is 10.0 Å². The molecule has 0 saturated carbocycles. The summed E-state index contributed by atoms with van der Waals surface area (Å²) in [7, 11) is -3.67. The molecule has 1 aliphatic heterocycles. The Labute approximate surface area is 145 Å². The minimum Gasteiger partial charge on any atom is -0.355 e. The Balaban J connectivity index is 1.63. The molecule has 1 aromatic heterocycles. The molecule has 3 N–H and O–H groups in total. The summed E-state index contributed by atoms with van der Waals surface area (Å²) in [5, 5.41) is 6.01. The van der Waals surface area contributed by atoms with Gasteiger partial charge in [-0.15, -0.1) is 11.3 Å². The minimum atomic E-state index is -3.67. The summed E-state index contributed by atoms with van der Waals surface area (Å²) < 4.78 is 26.6. The quantitative estimate of drug-likeness (QED) is 0.556. The Morgan fingerprint density at radius 3 is 2.74 bits per heavy atom. The zero-order valence-corrected chi connectivity index (χ0v) is 15.1. The fraction of sp³-hybridized carbons (Fsp3) is 0.615. The maximum Gasteiger partial charge on any atom is 0.250 e. The van der Waals surface area contributed by atoms with E-state index in [1.54, 1.807) is 0 Å². The van der Waals surface area contributed by atoms with Gasteiger partial charge in [-0.05, 0) is 25.1 Å². The van der Waals surface area contributed by atoms with Crippen LogP contribution in [-0.4, -0.2) is 65.0 Å². The van der Waals surface area contributed by atoms with Crippen LogP contribution in [0.1, 0.15) is 6.42 Å². The number of amides is 1. The summed E-state index contributed by atoms with van der Waals surface area (Å²) in [6.45, 7) is 5.25. The van der Waals surface area contributed by atoms with Gasteiger partial charge in [-0.2, -0.15) is 0 Å². The van der Waals surface area contributed by atoms with E-state index < -0.39 is 10.0 Å². The smallest absolute Gasteiger partial charge is 0.250 e. The van der Waals surface area contributed by atoms with E-state index in [4.69, 9.17) is 11.6 Å². The van der Waals surface area contributed by atoms with Crippen molar-refractivity contribution in [3.63, 3.8) is 0 Å². The molecule has 0 bridgehead atoms. The average Bonchev–Trinajstić information content (AvgIpc) is 2.98. The highest BCUT2D eigenvalue weighted by Gasteiger charge is 2.17. The van der Waals surface area contributed by atoms with Crippen LogP contribution in [0.15, 0.2) is 16.3 Å². The number of hydrogen-bond donors (Lipinski definition) is 3. The molecule has 7 nitrogen and oxygen atoms in total. The van der Waals surface area contributed by atoms with Gasteiger partial charge in [0.2, 0.25) is 5.91 Å². The maximum atomic E-state index is 11.9. The van der Waals surface area contributed by atoms with Gasteiger partial charge >= 0.3 is 0 Å². The summed E-state index contributed by atoms with van der Waals surface area (Å²) in [5.41, 5.74) is 0. The lowest BCUT2D eigenvalue weighted by Crippen LogP contribution is -2.44. The normalized spacial score (nSPS) is 16.4. The second-order valence-electron chi connectivity index (χ2n) is 5.18. The number of sulfonamides is 1. The number of carbonyl (C=O) groups excluding carboxylic acids is 1. The van der Waals surface area contributed by atoms with Gasteiger partial charge in [-0.1, -0.05) is 11.6 Å². The SMILES string of the molecule is O=C(CNS(=O)(=O)c1ccc(Cl)s1)NCCCN1CCNCC1. The number of carbonyl (C=O) groups is 1. The number of halogens is 1. The highest BCUT2D eigenvalue weighted by atomic mass is 35.5. The van der Waals surface area contributed by atoms with Gasteiger partial charge in [0.15, 0.2) is 0 Å². The first-order valence-electron chi connectivity index (χ1n) is 7.42. The predicted octanol–water partition coefficient (Wildman–Crippen LogP) is 0.0913. The fourth-order valence-electron chi connectivity index (χ4n) is 2.20. The first-order valence-corrected chi connectivity index (χ1v) is 10.1. The molecule has 0 aliphatic carbocycles. The van der Waals surface area contributed by atoms with Crippen LogP contribution in [0.5, 0.6) is 0 Å². The first kappa shape index (κ1) is 18.6. The number of nitrogens with zero attached hydrogens (tertiary/aromatic N) is 1. The van der Waals surface area contributed by atoms with E-state index in [2.05, 4.69) is 20.3 Å². The summed E-state index contributed by atoms with van der Waals surface area (Å²) in [4.78, 5) is 14.0. The topological polar surface area (TPSA) is 90.5 Å². The van der Waals surface area contributed by atoms with Crippen LogP contribution in [0.2, 0.25) is 4.34 Å². The zero-order valence-electron chi connectivity index (χ0n) is 12.7. The molecule has 23 heavy (non-hydrogen) atoms. The van der Waals surface area contributed by atoms with Crippen LogP contribution in [-0.2, 0) is 14.8 Å². The molecule has 0 atom stereocenters. The number of nitrogens with one attached hydrogen (secondary N) is 3. The van der Waals surface area contributed by atoms with Gasteiger partial charge in [0, 0.05) is 32.7 Å². The highest BCUT2D eigenvalue weighted by molar-refractivity contribution is 7.91. The Bertz CT molecular complexity index is 614. The molecule has 1 aliphatic rings. The van der Waals surface area contributed by atoms with Crippen molar-refractivity contribution in [1.82, 2.24) is 20.3 Å². The molecule has 1 amide bonds. The van der Waals surface area contributed by atoms with Crippen molar-refractivity contribution in [2.45, 2.75) is 10.6 Å². The minimum absolute atomic E-state index is 0.106. The zero-order chi connectivity index (χ0) is 16.7. The Morgan fingerprint density at radius 2 is 2.09 bits per heavy atom. The molecule has 1 saturated heterocycles. The van der Waals surface area contributed by atoms with Crippen LogP contribution in [0.4, 0.5) is 0 Å². The summed E-state index contributed by atoms with van der Waals surface area (Å²) in [5.74, 6) is -0.337. The second-order valence-corrected chi connectivity index (χ2v) is 8.89. The van der Waals surface area contributed by atoms with E-state index in [1.165, 1.54) is 12.1 Å². The summed E-state index contributed by atoms with van der Waals surface area (Å²) in [6, 6.07) is 2.93. The van der Waals surface area contributed by atoms with E-state index in [0.717, 1.165) is 50.5 Å². The van der Waals surface area contributed by atoms with Crippen molar-refractivity contribution < 1.29 is 13.2 Å². The highest BCUT2D eigenvalue weighted by Crippen LogP contribution is 2.25. The van der Waals surface area contributed by atoms with Gasteiger partial charge in [-0.3, -0.25) is 4.79 Å². The molecule has 0 aromatic carbocycles.